The van der Waals surface area contributed by atoms with E-state index in [9.17, 15) is 20.1 Å². The lowest BCUT2D eigenvalue weighted by atomic mass is 9.92. The van der Waals surface area contributed by atoms with Gasteiger partial charge in [-0.2, -0.15) is 0 Å². The van der Waals surface area contributed by atoms with Crippen molar-refractivity contribution >= 4 is 17.6 Å². The third-order valence-electron chi connectivity index (χ3n) is 4.57. The number of benzene rings is 1. The topological polar surface area (TPSA) is 141 Å². The van der Waals surface area contributed by atoms with Crippen LogP contribution < -0.4 is 11.1 Å². The number of aliphatic hydroxyl groups is 3. The van der Waals surface area contributed by atoms with E-state index < -0.39 is 5.97 Å². The highest BCUT2D eigenvalue weighted by molar-refractivity contribution is 6.36. The Kier molecular flexibility index (Phi) is 9.09. The number of carbonyl (C=O) groups excluding carboxylic acids is 1. The molecule has 0 spiro atoms. The molecule has 1 aromatic carbocycles. The highest BCUT2D eigenvalue weighted by Crippen LogP contribution is 2.38. The van der Waals surface area contributed by atoms with E-state index in [1.54, 1.807) is 12.1 Å². The minimum atomic E-state index is -0.567. The zero-order valence-electron chi connectivity index (χ0n) is 16.4. The van der Waals surface area contributed by atoms with Crippen molar-refractivity contribution in [2.75, 3.05) is 19.7 Å². The maximum absolute atomic E-state index is 12.4. The fourth-order valence-corrected chi connectivity index (χ4v) is 3.50. The quantitative estimate of drug-likeness (QED) is 0.236. The Bertz CT molecular complexity index is 838. The van der Waals surface area contributed by atoms with Gasteiger partial charge in [0.25, 0.3) is 0 Å². The van der Waals surface area contributed by atoms with Gasteiger partial charge in [0.1, 0.15) is 5.69 Å². The fraction of sp³-hybridized carbons (Fsp3) is 0.450. The second kappa shape index (κ2) is 11.3. The van der Waals surface area contributed by atoms with Crippen LogP contribution in [0.3, 0.4) is 0 Å². The zero-order valence-corrected chi connectivity index (χ0v) is 17.2. The van der Waals surface area contributed by atoms with Crippen LogP contribution in [0.2, 0.25) is 5.02 Å². The Morgan fingerprint density at radius 3 is 2.52 bits per heavy atom. The molecule has 0 aliphatic carbocycles. The molecule has 160 valence electrons. The molecule has 0 aliphatic heterocycles. The number of aromatic nitrogens is 1. The number of aromatic amines is 1. The molecule has 8 nitrogen and oxygen atoms in total. The van der Waals surface area contributed by atoms with Crippen LogP contribution in [0, 0.1) is 0 Å². The maximum Gasteiger partial charge on any atom is 0.356 e. The third kappa shape index (κ3) is 5.16. The van der Waals surface area contributed by atoms with Crippen molar-refractivity contribution in [2.24, 2.45) is 5.73 Å². The van der Waals surface area contributed by atoms with Crippen LogP contribution in [0.4, 0.5) is 0 Å². The molecule has 0 atom stereocenters. The second-order valence-electron chi connectivity index (χ2n) is 6.47. The van der Waals surface area contributed by atoms with Crippen molar-refractivity contribution in [1.29, 1.82) is 0 Å². The summed E-state index contributed by atoms with van der Waals surface area (Å²) in [5.74, 6) is -0.567. The molecule has 0 unspecified atom stereocenters. The molecule has 9 heteroatoms. The van der Waals surface area contributed by atoms with Gasteiger partial charge in [-0.25, -0.2) is 4.79 Å². The van der Waals surface area contributed by atoms with Crippen LogP contribution in [0.1, 0.15) is 46.2 Å². The number of hydrogen-bond donors (Lipinski definition) is 6. The van der Waals surface area contributed by atoms with Crippen LogP contribution in [0.25, 0.3) is 11.1 Å². The van der Waals surface area contributed by atoms with Crippen molar-refractivity contribution in [3.63, 3.8) is 0 Å². The SMILES string of the molecule is CCCOC(=O)c1[nH]c(CNCCN)c(-c2ccc(CO)c(CO)c2CO)c1Cl. The monoisotopic (exact) mass is 425 g/mol. The van der Waals surface area contributed by atoms with Crippen LogP contribution in [0.15, 0.2) is 12.1 Å². The Labute approximate surface area is 174 Å². The van der Waals surface area contributed by atoms with Gasteiger partial charge in [0, 0.05) is 30.9 Å². The average Bonchev–Trinajstić information content (AvgIpc) is 3.06. The van der Waals surface area contributed by atoms with Gasteiger partial charge in [-0.3, -0.25) is 0 Å². The summed E-state index contributed by atoms with van der Waals surface area (Å²) in [6, 6.07) is 3.37. The summed E-state index contributed by atoms with van der Waals surface area (Å²) in [6.07, 6.45) is 0.680. The van der Waals surface area contributed by atoms with Crippen LogP contribution in [0.5, 0.6) is 0 Å². The number of nitrogens with two attached hydrogens (primary N) is 1. The number of rotatable bonds is 11. The van der Waals surface area contributed by atoms with Crippen molar-refractivity contribution in [1.82, 2.24) is 10.3 Å². The van der Waals surface area contributed by atoms with E-state index >= 15 is 0 Å². The number of ether oxygens (including phenoxy) is 1. The molecular formula is C20H28ClN3O5. The number of hydrogen-bond acceptors (Lipinski definition) is 7. The van der Waals surface area contributed by atoms with Crippen LogP contribution in [-0.4, -0.2) is 46.0 Å². The highest BCUT2D eigenvalue weighted by Gasteiger charge is 2.25. The first-order chi connectivity index (χ1) is 14.0. The van der Waals surface area contributed by atoms with Crippen LogP contribution in [-0.2, 0) is 31.1 Å². The summed E-state index contributed by atoms with van der Waals surface area (Å²) in [5.41, 5.74) is 8.77. The molecule has 0 radical (unpaired) electrons. The van der Waals surface area contributed by atoms with Gasteiger partial charge >= 0.3 is 5.97 Å². The van der Waals surface area contributed by atoms with Crippen molar-refractivity contribution in [3.05, 3.63) is 45.2 Å². The minimum Gasteiger partial charge on any atom is -0.461 e. The summed E-state index contributed by atoms with van der Waals surface area (Å²) in [7, 11) is 0. The lowest BCUT2D eigenvalue weighted by molar-refractivity contribution is 0.0499. The first-order valence-corrected chi connectivity index (χ1v) is 9.86. The summed E-state index contributed by atoms with van der Waals surface area (Å²) in [6.45, 7) is 2.52. The average molecular weight is 426 g/mol. The van der Waals surface area contributed by atoms with Gasteiger partial charge in [0.15, 0.2) is 0 Å². The zero-order chi connectivity index (χ0) is 21.4. The Morgan fingerprint density at radius 1 is 1.21 bits per heavy atom. The predicted octanol–water partition coefficient (Wildman–Crippen LogP) is 1.43. The molecule has 0 fully saturated rings. The molecule has 1 heterocycles. The van der Waals surface area contributed by atoms with E-state index in [1.165, 1.54) is 0 Å². The Balaban J connectivity index is 2.63. The molecule has 0 saturated carbocycles. The van der Waals surface area contributed by atoms with E-state index in [1.807, 2.05) is 6.92 Å². The van der Waals surface area contributed by atoms with E-state index in [2.05, 4.69) is 10.3 Å². The molecule has 0 aliphatic rings. The van der Waals surface area contributed by atoms with E-state index in [4.69, 9.17) is 22.1 Å². The number of H-pyrrole nitrogens is 1. The molecule has 7 N–H and O–H groups in total. The molecule has 0 amide bonds. The number of carbonyl (C=O) groups is 1. The second-order valence-corrected chi connectivity index (χ2v) is 6.85. The molecule has 0 saturated heterocycles. The van der Waals surface area contributed by atoms with E-state index in [0.717, 1.165) is 0 Å². The molecule has 1 aromatic heterocycles. The first kappa shape index (κ1) is 23.3. The van der Waals surface area contributed by atoms with Crippen molar-refractivity contribution in [2.45, 2.75) is 39.7 Å². The largest absolute Gasteiger partial charge is 0.461 e. The molecule has 0 bridgehead atoms. The van der Waals surface area contributed by atoms with Crippen LogP contribution >= 0.6 is 11.6 Å². The predicted molar refractivity (Wildman–Crippen MR) is 110 cm³/mol. The maximum atomic E-state index is 12.4. The Morgan fingerprint density at radius 2 is 1.93 bits per heavy atom. The van der Waals surface area contributed by atoms with Crippen molar-refractivity contribution in [3.8, 4) is 11.1 Å². The van der Waals surface area contributed by atoms with Gasteiger partial charge in [-0.1, -0.05) is 30.7 Å². The van der Waals surface area contributed by atoms with Gasteiger partial charge in [-0.15, -0.1) is 0 Å². The minimum absolute atomic E-state index is 0.125. The number of aliphatic hydroxyl groups excluding tert-OH is 3. The Hall–Kier alpha value is -1.94. The molecular weight excluding hydrogens is 398 g/mol. The lowest BCUT2D eigenvalue weighted by Crippen LogP contribution is -2.22. The number of esters is 1. The summed E-state index contributed by atoms with van der Waals surface area (Å²) >= 11 is 6.57. The van der Waals surface area contributed by atoms with Gasteiger partial charge in [0.2, 0.25) is 0 Å². The molecule has 29 heavy (non-hydrogen) atoms. The van der Waals surface area contributed by atoms with Crippen molar-refractivity contribution < 1.29 is 24.9 Å². The lowest BCUT2D eigenvalue weighted by Gasteiger charge is -2.16. The summed E-state index contributed by atoms with van der Waals surface area (Å²) < 4.78 is 5.21. The van der Waals surface area contributed by atoms with E-state index in [-0.39, 0.29) is 37.1 Å². The summed E-state index contributed by atoms with van der Waals surface area (Å²) in [4.78, 5) is 15.5. The molecule has 2 rings (SSSR count). The number of halogens is 1. The standard InChI is InChI=1S/C20H28ClN3O5/c1-2-7-29-20(28)19-18(21)17(16(24-19)8-23-6-5-22)13-4-3-12(9-25)14(10-26)15(13)11-27/h3-4,23-27H,2,5-11,22H2,1H3. The summed E-state index contributed by atoms with van der Waals surface area (Å²) in [5, 5.41) is 32.6. The normalized spacial score (nSPS) is 11.1. The highest BCUT2D eigenvalue weighted by atomic mass is 35.5. The van der Waals surface area contributed by atoms with Gasteiger partial charge < -0.3 is 36.1 Å². The first-order valence-electron chi connectivity index (χ1n) is 9.48. The van der Waals surface area contributed by atoms with E-state index in [0.29, 0.717) is 59.6 Å². The smallest absolute Gasteiger partial charge is 0.356 e. The molecule has 2 aromatic rings. The number of nitrogens with one attached hydrogen (secondary N) is 2. The van der Waals surface area contributed by atoms with Gasteiger partial charge in [0.05, 0.1) is 31.5 Å². The third-order valence-corrected chi connectivity index (χ3v) is 4.94. The fourth-order valence-electron chi connectivity index (χ4n) is 3.16. The van der Waals surface area contributed by atoms with Gasteiger partial charge in [-0.05, 0) is 28.7 Å².